The summed E-state index contributed by atoms with van der Waals surface area (Å²) < 4.78 is 19.1. The highest BCUT2D eigenvalue weighted by molar-refractivity contribution is 7.99. The summed E-state index contributed by atoms with van der Waals surface area (Å²) in [6.07, 6.45) is 1.94. The van der Waals surface area contributed by atoms with Crippen LogP contribution in [0.2, 0.25) is 0 Å². The van der Waals surface area contributed by atoms with Gasteiger partial charge in [0.25, 0.3) is 0 Å². The first-order valence-corrected chi connectivity index (χ1v) is 8.47. The molecule has 1 aromatic heterocycles. The highest BCUT2D eigenvalue weighted by atomic mass is 32.2. The summed E-state index contributed by atoms with van der Waals surface area (Å²) in [5.74, 6) is -0.189. The van der Waals surface area contributed by atoms with E-state index in [9.17, 15) is 14.0 Å². The number of carboxylic acids is 1. The molecule has 2 N–H and O–H groups in total. The minimum Gasteiger partial charge on any atom is -0.481 e. The first-order chi connectivity index (χ1) is 11.6. The van der Waals surface area contributed by atoms with E-state index in [-0.39, 0.29) is 18.1 Å². The van der Waals surface area contributed by atoms with Crippen molar-refractivity contribution < 1.29 is 23.5 Å². The first kappa shape index (κ1) is 18.0. The molecule has 0 fully saturated rings. The number of carbonyl (C=O) groups is 2. The van der Waals surface area contributed by atoms with E-state index in [1.54, 1.807) is 18.2 Å². The van der Waals surface area contributed by atoms with Gasteiger partial charge < -0.3 is 14.8 Å². The minimum absolute atomic E-state index is 0.0189. The van der Waals surface area contributed by atoms with Crippen molar-refractivity contribution in [2.24, 2.45) is 0 Å². The number of rotatable bonds is 9. The molecule has 1 aromatic carbocycles. The Balaban J connectivity index is 1.74. The Labute approximate surface area is 142 Å². The predicted molar refractivity (Wildman–Crippen MR) is 88.2 cm³/mol. The lowest BCUT2D eigenvalue weighted by molar-refractivity contribution is -0.133. The number of hydrogen-bond donors (Lipinski definition) is 2. The molecule has 24 heavy (non-hydrogen) atoms. The van der Waals surface area contributed by atoms with Crippen LogP contribution < -0.4 is 5.32 Å². The van der Waals surface area contributed by atoms with Crippen molar-refractivity contribution in [1.29, 1.82) is 0 Å². The van der Waals surface area contributed by atoms with Crippen LogP contribution in [0, 0.1) is 5.82 Å². The molecule has 8 heteroatoms. The largest absolute Gasteiger partial charge is 0.481 e. The van der Waals surface area contributed by atoms with Crippen LogP contribution in [0.5, 0.6) is 0 Å². The average Bonchev–Trinajstić information content (AvgIpc) is 3.01. The summed E-state index contributed by atoms with van der Waals surface area (Å²) in [4.78, 5) is 26.1. The zero-order valence-electron chi connectivity index (χ0n) is 12.8. The van der Waals surface area contributed by atoms with Gasteiger partial charge in [0, 0.05) is 25.1 Å². The Morgan fingerprint density at radius 2 is 2.12 bits per heavy atom. The quantitative estimate of drug-likeness (QED) is 0.673. The minimum atomic E-state index is -0.874. The molecule has 0 aliphatic rings. The van der Waals surface area contributed by atoms with E-state index in [4.69, 9.17) is 9.52 Å². The molecule has 0 unspecified atom stereocenters. The topological polar surface area (TPSA) is 92.4 Å². The maximum absolute atomic E-state index is 13.7. The smallest absolute Gasteiger partial charge is 0.313 e. The number of hydrogen-bond acceptors (Lipinski definition) is 5. The van der Waals surface area contributed by atoms with Crippen LogP contribution in [0.15, 0.2) is 34.9 Å². The monoisotopic (exact) mass is 352 g/mol. The Morgan fingerprint density at radius 1 is 1.33 bits per heavy atom. The summed E-state index contributed by atoms with van der Waals surface area (Å²) in [6, 6.07) is 6.24. The Hall–Kier alpha value is -2.35. The number of benzene rings is 1. The van der Waals surface area contributed by atoms with Gasteiger partial charge in [-0.2, -0.15) is 0 Å². The Morgan fingerprint density at radius 3 is 2.88 bits per heavy atom. The van der Waals surface area contributed by atoms with Crippen molar-refractivity contribution in [3.8, 4) is 11.3 Å². The number of nitrogens with zero attached hydrogens (tertiary/aromatic N) is 1. The van der Waals surface area contributed by atoms with Gasteiger partial charge in [0.15, 0.2) is 11.7 Å². The van der Waals surface area contributed by atoms with Gasteiger partial charge in [0.1, 0.15) is 5.82 Å². The fraction of sp³-hybridized carbons (Fsp3) is 0.312. The van der Waals surface area contributed by atoms with Gasteiger partial charge in [0.05, 0.1) is 17.5 Å². The number of oxazole rings is 1. The van der Waals surface area contributed by atoms with Crippen LogP contribution >= 0.6 is 11.8 Å². The summed E-state index contributed by atoms with van der Waals surface area (Å²) in [5, 5.41) is 11.2. The lowest BCUT2D eigenvalue weighted by Gasteiger charge is -2.03. The molecule has 0 spiro atoms. The SMILES string of the molecule is O=C(O)CSCCNC(=O)CCc1ncc(-c2ccccc2F)o1. The third-order valence-corrected chi connectivity index (χ3v) is 4.00. The second kappa shape index (κ2) is 9.07. The third kappa shape index (κ3) is 5.69. The van der Waals surface area contributed by atoms with Crippen LogP contribution in [0.1, 0.15) is 12.3 Å². The number of aliphatic carboxylic acids is 1. The number of aryl methyl sites for hydroxylation is 1. The molecule has 0 saturated heterocycles. The van der Waals surface area contributed by atoms with Crippen molar-refractivity contribution in [1.82, 2.24) is 10.3 Å². The van der Waals surface area contributed by atoms with Gasteiger partial charge in [-0.05, 0) is 12.1 Å². The lowest BCUT2D eigenvalue weighted by atomic mass is 10.2. The fourth-order valence-electron chi connectivity index (χ4n) is 1.94. The van der Waals surface area contributed by atoms with Crippen LogP contribution in [0.25, 0.3) is 11.3 Å². The van der Waals surface area contributed by atoms with Gasteiger partial charge in [0.2, 0.25) is 5.91 Å². The van der Waals surface area contributed by atoms with E-state index in [1.165, 1.54) is 24.0 Å². The molecular weight excluding hydrogens is 335 g/mol. The molecule has 0 aliphatic carbocycles. The predicted octanol–water partition coefficient (Wildman–Crippen LogP) is 2.35. The molecule has 1 heterocycles. The molecule has 0 atom stereocenters. The highest BCUT2D eigenvalue weighted by Crippen LogP contribution is 2.23. The molecule has 2 aromatic rings. The van der Waals surface area contributed by atoms with Crippen molar-refractivity contribution in [3.05, 3.63) is 42.2 Å². The second-order valence-corrected chi connectivity index (χ2v) is 6.00. The second-order valence-electron chi connectivity index (χ2n) is 4.89. The zero-order valence-corrected chi connectivity index (χ0v) is 13.6. The number of nitrogens with one attached hydrogen (secondary N) is 1. The molecule has 0 radical (unpaired) electrons. The molecule has 128 valence electrons. The average molecular weight is 352 g/mol. The number of halogens is 1. The van der Waals surface area contributed by atoms with Crippen molar-refractivity contribution >= 4 is 23.6 Å². The fourth-order valence-corrected chi connectivity index (χ4v) is 2.51. The highest BCUT2D eigenvalue weighted by Gasteiger charge is 2.11. The van der Waals surface area contributed by atoms with Gasteiger partial charge in [-0.25, -0.2) is 9.37 Å². The van der Waals surface area contributed by atoms with Gasteiger partial charge in [-0.15, -0.1) is 11.8 Å². The normalized spacial score (nSPS) is 10.5. The molecule has 2 rings (SSSR count). The lowest BCUT2D eigenvalue weighted by Crippen LogP contribution is -2.26. The molecule has 0 aliphatic heterocycles. The number of aromatic nitrogens is 1. The zero-order chi connectivity index (χ0) is 17.4. The third-order valence-electron chi connectivity index (χ3n) is 3.05. The summed E-state index contributed by atoms with van der Waals surface area (Å²) in [5.41, 5.74) is 0.330. The van der Waals surface area contributed by atoms with E-state index < -0.39 is 11.8 Å². The molecule has 1 amide bonds. The first-order valence-electron chi connectivity index (χ1n) is 7.32. The standard InChI is InChI=1S/C16H17FN2O4S/c17-12-4-2-1-3-11(12)13-9-19-15(23-13)6-5-14(20)18-7-8-24-10-16(21)22/h1-4,9H,5-8,10H2,(H,18,20)(H,21,22). The van der Waals surface area contributed by atoms with Crippen LogP contribution in [0.3, 0.4) is 0 Å². The number of carboxylic acid groups (broad SMARTS) is 1. The summed E-state index contributed by atoms with van der Waals surface area (Å²) in [6.45, 7) is 0.406. The van der Waals surface area contributed by atoms with Gasteiger partial charge in [-0.3, -0.25) is 9.59 Å². The van der Waals surface area contributed by atoms with Crippen LogP contribution in [-0.4, -0.2) is 40.0 Å². The Bertz CT molecular complexity index is 705. The van der Waals surface area contributed by atoms with E-state index in [2.05, 4.69) is 10.3 Å². The summed E-state index contributed by atoms with van der Waals surface area (Å²) >= 11 is 1.24. The molecule has 0 saturated carbocycles. The van der Waals surface area contributed by atoms with Crippen LogP contribution in [-0.2, 0) is 16.0 Å². The van der Waals surface area contributed by atoms with Gasteiger partial charge >= 0.3 is 5.97 Å². The van der Waals surface area contributed by atoms with Crippen molar-refractivity contribution in [3.63, 3.8) is 0 Å². The Kier molecular flexibility index (Phi) is 6.80. The van der Waals surface area contributed by atoms with E-state index in [0.29, 0.717) is 35.9 Å². The molecule has 6 nitrogen and oxygen atoms in total. The maximum Gasteiger partial charge on any atom is 0.313 e. The number of carbonyl (C=O) groups excluding carboxylic acids is 1. The van der Waals surface area contributed by atoms with E-state index in [0.717, 1.165) is 0 Å². The number of thioether (sulfide) groups is 1. The maximum atomic E-state index is 13.7. The van der Waals surface area contributed by atoms with Gasteiger partial charge in [-0.1, -0.05) is 12.1 Å². The van der Waals surface area contributed by atoms with E-state index >= 15 is 0 Å². The molecule has 0 bridgehead atoms. The van der Waals surface area contributed by atoms with Crippen molar-refractivity contribution in [2.45, 2.75) is 12.8 Å². The molecular formula is C16H17FN2O4S. The van der Waals surface area contributed by atoms with Crippen LogP contribution in [0.4, 0.5) is 4.39 Å². The summed E-state index contributed by atoms with van der Waals surface area (Å²) in [7, 11) is 0. The van der Waals surface area contributed by atoms with Crippen molar-refractivity contribution in [2.75, 3.05) is 18.1 Å². The number of amides is 1. The van der Waals surface area contributed by atoms with E-state index in [1.807, 2.05) is 0 Å².